The van der Waals surface area contributed by atoms with Crippen LogP contribution < -0.4 is 5.46 Å². The summed E-state index contributed by atoms with van der Waals surface area (Å²) >= 11 is 0. The number of furan rings is 1. The largest absolute Gasteiger partial charge is 0.497 e. The molecule has 0 aliphatic carbocycles. The molecule has 2 rings (SSSR count). The average molecular weight is 152 g/mol. The summed E-state index contributed by atoms with van der Waals surface area (Å²) in [5.41, 5.74) is 0.963. The van der Waals surface area contributed by atoms with Crippen molar-refractivity contribution in [1.29, 1.82) is 0 Å². The van der Waals surface area contributed by atoms with Crippen LogP contribution in [-0.2, 0) is 9.31 Å². The molecule has 0 bridgehead atoms. The molecule has 2 heterocycles. The van der Waals surface area contributed by atoms with Gasteiger partial charge >= 0.3 is 7.12 Å². The summed E-state index contributed by atoms with van der Waals surface area (Å²) in [6, 6.07) is 1.86. The van der Waals surface area contributed by atoms with Gasteiger partial charge in [0.15, 0.2) is 0 Å². The van der Waals surface area contributed by atoms with Crippen molar-refractivity contribution in [3.63, 3.8) is 0 Å². The summed E-state index contributed by atoms with van der Waals surface area (Å²) in [6.07, 6.45) is 4.25. The second-order valence-corrected chi connectivity index (χ2v) is 2.48. The molecule has 1 aliphatic heterocycles. The van der Waals surface area contributed by atoms with E-state index in [1.807, 2.05) is 6.07 Å². The van der Waals surface area contributed by atoms with Gasteiger partial charge in [-0.05, 0) is 12.5 Å². The third-order valence-corrected chi connectivity index (χ3v) is 1.64. The molecule has 0 N–H and O–H groups in total. The fourth-order valence-corrected chi connectivity index (χ4v) is 1.09. The van der Waals surface area contributed by atoms with Crippen LogP contribution in [0.1, 0.15) is 6.42 Å². The van der Waals surface area contributed by atoms with E-state index in [9.17, 15) is 0 Å². The molecule has 0 atom stereocenters. The monoisotopic (exact) mass is 152 g/mol. The molecule has 0 aromatic carbocycles. The van der Waals surface area contributed by atoms with Crippen molar-refractivity contribution in [3.05, 3.63) is 18.6 Å². The Balaban J connectivity index is 2.04. The fraction of sp³-hybridized carbons (Fsp3) is 0.429. The standard InChI is InChI=1S/C7H9BO3/c1-3-10-8(11-4-1)7-2-5-9-6-7/h2,5-6H,1,3-4H2. The van der Waals surface area contributed by atoms with Crippen LogP contribution >= 0.6 is 0 Å². The van der Waals surface area contributed by atoms with Crippen LogP contribution in [0.25, 0.3) is 0 Å². The first kappa shape index (κ1) is 6.94. The minimum Gasteiger partial charge on any atom is -0.473 e. The molecule has 3 nitrogen and oxygen atoms in total. The zero-order valence-corrected chi connectivity index (χ0v) is 6.16. The van der Waals surface area contributed by atoms with Gasteiger partial charge < -0.3 is 13.7 Å². The van der Waals surface area contributed by atoms with Gasteiger partial charge in [-0.25, -0.2) is 0 Å². The third-order valence-electron chi connectivity index (χ3n) is 1.64. The lowest BCUT2D eigenvalue weighted by molar-refractivity contribution is 0.143. The van der Waals surface area contributed by atoms with Crippen molar-refractivity contribution in [2.75, 3.05) is 13.2 Å². The maximum absolute atomic E-state index is 5.34. The van der Waals surface area contributed by atoms with E-state index in [2.05, 4.69) is 0 Å². The van der Waals surface area contributed by atoms with E-state index in [0.717, 1.165) is 25.1 Å². The lowest BCUT2D eigenvalue weighted by Crippen LogP contribution is -2.39. The van der Waals surface area contributed by atoms with E-state index in [4.69, 9.17) is 13.7 Å². The van der Waals surface area contributed by atoms with E-state index in [-0.39, 0.29) is 7.12 Å². The van der Waals surface area contributed by atoms with Gasteiger partial charge in [0.2, 0.25) is 0 Å². The molecule has 1 aromatic rings. The van der Waals surface area contributed by atoms with Gasteiger partial charge in [0.1, 0.15) is 0 Å². The van der Waals surface area contributed by atoms with Crippen LogP contribution in [-0.4, -0.2) is 20.3 Å². The molecule has 1 saturated heterocycles. The Labute approximate surface area is 65.4 Å². The van der Waals surface area contributed by atoms with Crippen molar-refractivity contribution in [2.24, 2.45) is 0 Å². The normalized spacial score (nSPS) is 18.7. The first-order chi connectivity index (χ1) is 5.47. The van der Waals surface area contributed by atoms with Gasteiger partial charge in [-0.3, -0.25) is 0 Å². The maximum Gasteiger partial charge on any atom is 0.497 e. The Bertz CT molecular complexity index is 203. The number of hydrogen-bond donors (Lipinski definition) is 0. The molecule has 0 amide bonds. The zero-order valence-electron chi connectivity index (χ0n) is 6.16. The molecular formula is C7H9BO3. The summed E-state index contributed by atoms with van der Waals surface area (Å²) < 4.78 is 15.6. The Morgan fingerprint density at radius 2 is 2.09 bits per heavy atom. The molecule has 1 aromatic heterocycles. The highest BCUT2D eigenvalue weighted by atomic mass is 16.6. The molecule has 11 heavy (non-hydrogen) atoms. The summed E-state index contributed by atoms with van der Waals surface area (Å²) in [6.45, 7) is 1.55. The van der Waals surface area contributed by atoms with Crippen molar-refractivity contribution in [3.8, 4) is 0 Å². The predicted octanol–water partition coefficient (Wildman–Crippen LogP) is 0.412. The summed E-state index contributed by atoms with van der Waals surface area (Å²) in [4.78, 5) is 0. The van der Waals surface area contributed by atoms with E-state index in [0.29, 0.717) is 0 Å². The van der Waals surface area contributed by atoms with Crippen molar-refractivity contribution < 1.29 is 13.7 Å². The minimum absolute atomic E-state index is 0.206. The van der Waals surface area contributed by atoms with Crippen LogP contribution in [0.4, 0.5) is 0 Å². The topological polar surface area (TPSA) is 31.6 Å². The van der Waals surface area contributed by atoms with E-state index < -0.39 is 0 Å². The molecule has 58 valence electrons. The summed E-state index contributed by atoms with van der Waals surface area (Å²) in [5, 5.41) is 0. The highest BCUT2D eigenvalue weighted by Crippen LogP contribution is 2.01. The highest BCUT2D eigenvalue weighted by Gasteiger charge is 2.24. The Hall–Kier alpha value is -0.735. The van der Waals surface area contributed by atoms with Crippen molar-refractivity contribution in [2.45, 2.75) is 6.42 Å². The molecule has 1 aliphatic rings. The molecule has 0 unspecified atom stereocenters. The van der Waals surface area contributed by atoms with E-state index >= 15 is 0 Å². The SMILES string of the molecule is c1cc(B2OCCCO2)co1. The Morgan fingerprint density at radius 1 is 1.27 bits per heavy atom. The lowest BCUT2D eigenvalue weighted by Gasteiger charge is -2.18. The van der Waals surface area contributed by atoms with Crippen molar-refractivity contribution in [1.82, 2.24) is 0 Å². The lowest BCUT2D eigenvalue weighted by atomic mass is 9.80. The minimum atomic E-state index is -0.206. The van der Waals surface area contributed by atoms with Gasteiger partial charge in [0, 0.05) is 18.7 Å². The first-order valence-corrected chi connectivity index (χ1v) is 3.72. The molecule has 1 fully saturated rings. The molecular weight excluding hydrogens is 143 g/mol. The third kappa shape index (κ3) is 1.47. The second kappa shape index (κ2) is 3.11. The van der Waals surface area contributed by atoms with Gasteiger partial charge in [-0.1, -0.05) is 0 Å². The quantitative estimate of drug-likeness (QED) is 0.546. The van der Waals surface area contributed by atoms with Crippen LogP contribution in [0.15, 0.2) is 23.0 Å². The average Bonchev–Trinajstić information content (AvgIpc) is 2.58. The Kier molecular flexibility index (Phi) is 1.96. The zero-order chi connectivity index (χ0) is 7.52. The molecule has 4 heteroatoms. The molecule has 0 saturated carbocycles. The second-order valence-electron chi connectivity index (χ2n) is 2.48. The van der Waals surface area contributed by atoms with Crippen LogP contribution in [0.3, 0.4) is 0 Å². The van der Waals surface area contributed by atoms with Gasteiger partial charge in [0.25, 0.3) is 0 Å². The van der Waals surface area contributed by atoms with Crippen LogP contribution in [0, 0.1) is 0 Å². The molecule has 0 spiro atoms. The predicted molar refractivity (Wildman–Crippen MR) is 40.6 cm³/mol. The van der Waals surface area contributed by atoms with Crippen LogP contribution in [0.2, 0.25) is 0 Å². The highest BCUT2D eigenvalue weighted by molar-refractivity contribution is 6.61. The van der Waals surface area contributed by atoms with E-state index in [1.165, 1.54) is 0 Å². The van der Waals surface area contributed by atoms with Crippen LogP contribution in [0.5, 0.6) is 0 Å². The maximum atomic E-state index is 5.34. The van der Waals surface area contributed by atoms with Gasteiger partial charge in [-0.15, -0.1) is 0 Å². The first-order valence-electron chi connectivity index (χ1n) is 3.72. The smallest absolute Gasteiger partial charge is 0.473 e. The molecule has 0 radical (unpaired) electrons. The number of rotatable bonds is 1. The van der Waals surface area contributed by atoms with Gasteiger partial charge in [0.05, 0.1) is 12.5 Å². The van der Waals surface area contributed by atoms with Crippen molar-refractivity contribution >= 4 is 12.6 Å². The summed E-state index contributed by atoms with van der Waals surface area (Å²) in [7, 11) is -0.206. The fourth-order valence-electron chi connectivity index (χ4n) is 1.09. The van der Waals surface area contributed by atoms with E-state index in [1.54, 1.807) is 12.5 Å². The number of hydrogen-bond acceptors (Lipinski definition) is 3. The Morgan fingerprint density at radius 3 is 2.73 bits per heavy atom. The summed E-state index contributed by atoms with van der Waals surface area (Å²) in [5.74, 6) is 0. The van der Waals surface area contributed by atoms with Gasteiger partial charge in [-0.2, -0.15) is 0 Å².